The first kappa shape index (κ1) is 19.7. The topological polar surface area (TPSA) is 56.1 Å². The lowest BCUT2D eigenvalue weighted by Gasteiger charge is -2.10. The summed E-state index contributed by atoms with van der Waals surface area (Å²) >= 11 is 6.09. The van der Waals surface area contributed by atoms with Crippen LogP contribution in [0.3, 0.4) is 0 Å². The van der Waals surface area contributed by atoms with Crippen LogP contribution in [-0.2, 0) is 4.79 Å². The van der Waals surface area contributed by atoms with Crippen molar-refractivity contribution in [2.75, 3.05) is 11.9 Å². The standard InChI is InChI=1S/C24H20ClN3O2/c1-17-8-7-9-18(14-17)21-15-23(28(27-21)19-10-3-2-4-11-19)26-24(29)16-30-22-13-6-5-12-20(22)25/h2-15H,16H2,1H3,(H,26,29). The predicted molar refractivity (Wildman–Crippen MR) is 119 cm³/mol. The number of carbonyl (C=O) groups is 1. The largest absolute Gasteiger partial charge is 0.482 e. The van der Waals surface area contributed by atoms with Gasteiger partial charge in [0.05, 0.1) is 16.4 Å². The van der Waals surface area contributed by atoms with E-state index in [4.69, 9.17) is 21.4 Å². The van der Waals surface area contributed by atoms with Crippen LogP contribution >= 0.6 is 11.6 Å². The Bertz CT molecular complexity index is 1170. The SMILES string of the molecule is Cc1cccc(-c2cc(NC(=O)COc3ccccc3Cl)n(-c3ccccc3)n2)c1. The van der Waals surface area contributed by atoms with Gasteiger partial charge in [0.1, 0.15) is 11.6 Å². The van der Waals surface area contributed by atoms with Crippen LogP contribution in [0.25, 0.3) is 16.9 Å². The van der Waals surface area contributed by atoms with E-state index in [1.807, 2.05) is 61.5 Å². The first-order valence-corrected chi connectivity index (χ1v) is 9.87. The minimum Gasteiger partial charge on any atom is -0.482 e. The van der Waals surface area contributed by atoms with Gasteiger partial charge in [-0.3, -0.25) is 4.79 Å². The molecular formula is C24H20ClN3O2. The lowest BCUT2D eigenvalue weighted by molar-refractivity contribution is -0.118. The predicted octanol–water partition coefficient (Wildman–Crippen LogP) is 5.52. The Morgan fingerprint density at radius 1 is 1.00 bits per heavy atom. The molecule has 0 bridgehead atoms. The van der Waals surface area contributed by atoms with Crippen LogP contribution in [0.4, 0.5) is 5.82 Å². The molecule has 0 unspecified atom stereocenters. The van der Waals surface area contributed by atoms with Gasteiger partial charge < -0.3 is 10.1 Å². The van der Waals surface area contributed by atoms with Crippen LogP contribution in [-0.4, -0.2) is 22.3 Å². The van der Waals surface area contributed by atoms with Gasteiger partial charge in [0, 0.05) is 11.6 Å². The van der Waals surface area contributed by atoms with Crippen LogP contribution in [0.5, 0.6) is 5.75 Å². The molecule has 1 heterocycles. The lowest BCUT2D eigenvalue weighted by atomic mass is 10.1. The van der Waals surface area contributed by atoms with Gasteiger partial charge in [-0.05, 0) is 37.3 Å². The van der Waals surface area contributed by atoms with Crippen LogP contribution in [0.2, 0.25) is 5.02 Å². The summed E-state index contributed by atoms with van der Waals surface area (Å²) in [5.41, 5.74) is 3.73. The summed E-state index contributed by atoms with van der Waals surface area (Å²) in [6, 6.07) is 26.6. The minimum absolute atomic E-state index is 0.163. The van der Waals surface area contributed by atoms with Crippen molar-refractivity contribution in [1.82, 2.24) is 9.78 Å². The monoisotopic (exact) mass is 417 g/mol. The number of benzene rings is 3. The van der Waals surface area contributed by atoms with E-state index in [2.05, 4.69) is 11.4 Å². The molecule has 0 fully saturated rings. The highest BCUT2D eigenvalue weighted by Crippen LogP contribution is 2.26. The minimum atomic E-state index is -0.303. The highest BCUT2D eigenvalue weighted by atomic mass is 35.5. The number of nitrogens with zero attached hydrogens (tertiary/aromatic N) is 2. The highest BCUT2D eigenvalue weighted by Gasteiger charge is 2.14. The molecular weight excluding hydrogens is 398 g/mol. The van der Waals surface area contributed by atoms with E-state index < -0.39 is 0 Å². The quantitative estimate of drug-likeness (QED) is 0.449. The number of ether oxygens (including phenoxy) is 1. The van der Waals surface area contributed by atoms with Gasteiger partial charge in [0.25, 0.3) is 5.91 Å². The molecule has 5 nitrogen and oxygen atoms in total. The summed E-state index contributed by atoms with van der Waals surface area (Å²) in [6.07, 6.45) is 0. The van der Waals surface area contributed by atoms with E-state index in [9.17, 15) is 4.79 Å². The molecule has 4 rings (SSSR count). The second-order valence-corrected chi connectivity index (χ2v) is 7.21. The lowest BCUT2D eigenvalue weighted by Crippen LogP contribution is -2.22. The number of carbonyl (C=O) groups excluding carboxylic acids is 1. The Morgan fingerprint density at radius 2 is 1.77 bits per heavy atom. The van der Waals surface area contributed by atoms with Crippen molar-refractivity contribution in [3.05, 3.63) is 95.5 Å². The Hall–Kier alpha value is -3.57. The second kappa shape index (κ2) is 8.84. The van der Waals surface area contributed by atoms with E-state index >= 15 is 0 Å². The van der Waals surface area contributed by atoms with Gasteiger partial charge >= 0.3 is 0 Å². The first-order chi connectivity index (χ1) is 14.6. The normalized spacial score (nSPS) is 10.6. The molecule has 0 radical (unpaired) electrons. The van der Waals surface area contributed by atoms with Gasteiger partial charge in [-0.2, -0.15) is 5.10 Å². The zero-order valence-corrected chi connectivity index (χ0v) is 17.1. The summed E-state index contributed by atoms with van der Waals surface area (Å²) < 4.78 is 7.26. The third-order valence-corrected chi connectivity index (χ3v) is 4.80. The highest BCUT2D eigenvalue weighted by molar-refractivity contribution is 6.32. The van der Waals surface area contributed by atoms with Crippen molar-refractivity contribution in [2.45, 2.75) is 6.92 Å². The molecule has 0 saturated heterocycles. The molecule has 0 atom stereocenters. The summed E-state index contributed by atoms with van der Waals surface area (Å²) in [4.78, 5) is 12.6. The van der Waals surface area contributed by atoms with Gasteiger partial charge in [-0.15, -0.1) is 0 Å². The zero-order valence-electron chi connectivity index (χ0n) is 16.4. The van der Waals surface area contributed by atoms with E-state index in [-0.39, 0.29) is 12.5 Å². The number of hydrogen-bond acceptors (Lipinski definition) is 3. The number of para-hydroxylation sites is 2. The fraction of sp³-hybridized carbons (Fsp3) is 0.0833. The average molecular weight is 418 g/mol. The summed E-state index contributed by atoms with van der Waals surface area (Å²) in [6.45, 7) is 1.87. The number of aryl methyl sites for hydroxylation is 1. The van der Waals surface area contributed by atoms with E-state index in [1.165, 1.54) is 0 Å². The van der Waals surface area contributed by atoms with Gasteiger partial charge in [-0.1, -0.05) is 65.7 Å². The summed E-state index contributed by atoms with van der Waals surface area (Å²) in [5.74, 6) is 0.722. The molecule has 4 aromatic rings. The number of hydrogen-bond donors (Lipinski definition) is 1. The molecule has 0 aliphatic heterocycles. The number of halogens is 1. The Balaban J connectivity index is 1.59. The van der Waals surface area contributed by atoms with Crippen LogP contribution in [0.1, 0.15) is 5.56 Å². The Labute approximate surface area is 179 Å². The van der Waals surface area contributed by atoms with Gasteiger partial charge in [-0.25, -0.2) is 4.68 Å². The number of nitrogens with one attached hydrogen (secondary N) is 1. The molecule has 30 heavy (non-hydrogen) atoms. The Kier molecular flexibility index (Phi) is 5.82. The molecule has 1 N–H and O–H groups in total. The van der Waals surface area contributed by atoms with Crippen molar-refractivity contribution in [2.24, 2.45) is 0 Å². The second-order valence-electron chi connectivity index (χ2n) is 6.80. The maximum Gasteiger partial charge on any atom is 0.263 e. The van der Waals surface area contributed by atoms with Crippen LogP contribution in [0, 0.1) is 6.92 Å². The summed E-state index contributed by atoms with van der Waals surface area (Å²) in [5, 5.41) is 8.07. The molecule has 0 aliphatic carbocycles. The third-order valence-electron chi connectivity index (χ3n) is 4.49. The van der Waals surface area contributed by atoms with E-state index in [0.29, 0.717) is 16.6 Å². The average Bonchev–Trinajstić information content (AvgIpc) is 3.17. The van der Waals surface area contributed by atoms with Crippen molar-refractivity contribution >= 4 is 23.3 Å². The van der Waals surface area contributed by atoms with Crippen molar-refractivity contribution < 1.29 is 9.53 Å². The maximum atomic E-state index is 12.6. The maximum absolute atomic E-state index is 12.6. The molecule has 0 saturated carbocycles. The molecule has 0 spiro atoms. The molecule has 6 heteroatoms. The first-order valence-electron chi connectivity index (χ1n) is 9.50. The van der Waals surface area contributed by atoms with E-state index in [1.54, 1.807) is 28.9 Å². The number of aromatic nitrogens is 2. The number of rotatable bonds is 6. The van der Waals surface area contributed by atoms with Crippen molar-refractivity contribution in [3.63, 3.8) is 0 Å². The van der Waals surface area contributed by atoms with Gasteiger partial charge in [0.2, 0.25) is 0 Å². The zero-order chi connectivity index (χ0) is 20.9. The van der Waals surface area contributed by atoms with Crippen molar-refractivity contribution in [1.29, 1.82) is 0 Å². The fourth-order valence-electron chi connectivity index (χ4n) is 3.07. The van der Waals surface area contributed by atoms with Crippen molar-refractivity contribution in [3.8, 4) is 22.7 Å². The fourth-order valence-corrected chi connectivity index (χ4v) is 3.26. The Morgan fingerprint density at radius 3 is 2.53 bits per heavy atom. The van der Waals surface area contributed by atoms with Crippen LogP contribution in [0.15, 0.2) is 84.9 Å². The molecule has 1 aromatic heterocycles. The van der Waals surface area contributed by atoms with Crippen LogP contribution < -0.4 is 10.1 Å². The van der Waals surface area contributed by atoms with E-state index in [0.717, 1.165) is 22.5 Å². The molecule has 3 aromatic carbocycles. The molecule has 0 aliphatic rings. The molecule has 150 valence electrons. The summed E-state index contributed by atoms with van der Waals surface area (Å²) in [7, 11) is 0. The molecule has 1 amide bonds. The number of amides is 1. The smallest absolute Gasteiger partial charge is 0.263 e. The third kappa shape index (κ3) is 4.53. The number of anilines is 1. The van der Waals surface area contributed by atoms with Gasteiger partial charge in [0.15, 0.2) is 6.61 Å².